The molecule has 3 fully saturated rings. The van der Waals surface area contributed by atoms with Gasteiger partial charge >= 0.3 is 18.4 Å². The van der Waals surface area contributed by atoms with Crippen LogP contribution in [0.4, 0.5) is 46.9 Å². The maximum atomic E-state index is 14.3. The summed E-state index contributed by atoms with van der Waals surface area (Å²) in [5.74, 6) is -1.83. The van der Waals surface area contributed by atoms with E-state index in [0.29, 0.717) is 100 Å². The molecule has 0 unspecified atom stereocenters. The minimum atomic E-state index is -5.15. The van der Waals surface area contributed by atoms with Crippen LogP contribution < -0.4 is 10.2 Å². The number of amides is 5. The van der Waals surface area contributed by atoms with Crippen molar-refractivity contribution in [3.8, 4) is 11.1 Å². The molecule has 5 amide bonds. The number of carbonyl (C=O) groups is 5. The summed E-state index contributed by atoms with van der Waals surface area (Å²) in [6.07, 6.45) is -4.10. The Kier molecular flexibility index (Phi) is 28.9. The fourth-order valence-electron chi connectivity index (χ4n) is 14.0. The predicted molar refractivity (Wildman–Crippen MR) is 382 cm³/mol. The van der Waals surface area contributed by atoms with Gasteiger partial charge in [-0.2, -0.15) is 26.3 Å². The summed E-state index contributed by atoms with van der Waals surface area (Å²) >= 11 is 0. The zero-order valence-electron chi connectivity index (χ0n) is 57.2. The zero-order valence-corrected chi connectivity index (χ0v) is 59.7. The number of likely N-dealkylation sites (N-methyl/N-ethyl adjacent to an activating group) is 2. The van der Waals surface area contributed by atoms with Crippen LogP contribution in [-0.4, -0.2) is 185 Å². The molecular formula is C75H90Cl3F7N8O8. The lowest BCUT2D eigenvalue weighted by molar-refractivity contribution is -0.143. The van der Waals surface area contributed by atoms with Crippen molar-refractivity contribution in [3.63, 3.8) is 0 Å². The molecule has 3 saturated heterocycles. The van der Waals surface area contributed by atoms with Gasteiger partial charge in [-0.25, -0.2) is 9.18 Å². The van der Waals surface area contributed by atoms with Crippen molar-refractivity contribution >= 4 is 78.3 Å². The lowest BCUT2D eigenvalue weighted by Crippen LogP contribution is -2.50. The molecule has 0 bridgehead atoms. The normalized spacial score (nSPS) is 17.6. The first-order valence-electron chi connectivity index (χ1n) is 33.7. The van der Waals surface area contributed by atoms with E-state index in [2.05, 4.69) is 32.1 Å². The molecule has 3 aliphatic heterocycles. The van der Waals surface area contributed by atoms with Gasteiger partial charge in [-0.05, 0) is 148 Å². The first kappa shape index (κ1) is 80.8. The number of alkyl halides is 6. The largest absolute Gasteiger partial charge is 0.446 e. The van der Waals surface area contributed by atoms with Crippen molar-refractivity contribution in [2.24, 2.45) is 0 Å². The van der Waals surface area contributed by atoms with E-state index in [1.807, 2.05) is 99.0 Å². The molecular weight excluding hydrogens is 1380 g/mol. The molecule has 6 aromatic carbocycles. The van der Waals surface area contributed by atoms with Crippen LogP contribution in [0.1, 0.15) is 113 Å². The summed E-state index contributed by atoms with van der Waals surface area (Å²) in [5, 5.41) is 2.93. The minimum Gasteiger partial charge on any atom is -0.446 e. The lowest BCUT2D eigenvalue weighted by atomic mass is 9.72. The number of hydrogen-bond donors (Lipinski definition) is 1. The fourth-order valence-corrected chi connectivity index (χ4v) is 14.0. The second kappa shape index (κ2) is 36.1. The van der Waals surface area contributed by atoms with Crippen LogP contribution in [0.5, 0.6) is 0 Å². The third kappa shape index (κ3) is 20.7. The molecule has 16 nitrogen and oxygen atoms in total. The minimum absolute atomic E-state index is 0. The van der Waals surface area contributed by atoms with Gasteiger partial charge in [0.15, 0.2) is 0 Å². The van der Waals surface area contributed by atoms with Gasteiger partial charge in [0.1, 0.15) is 30.9 Å². The van der Waals surface area contributed by atoms with Crippen LogP contribution in [0.25, 0.3) is 11.1 Å². The first-order chi connectivity index (χ1) is 46.9. The molecule has 0 radical (unpaired) electrons. The Morgan fingerprint density at radius 1 is 0.624 bits per heavy atom. The Balaban J connectivity index is 0.00000477. The molecule has 4 aliphatic rings. The van der Waals surface area contributed by atoms with E-state index in [9.17, 15) is 54.7 Å². The molecule has 0 saturated carbocycles. The summed E-state index contributed by atoms with van der Waals surface area (Å²) in [4.78, 5) is 80.0. The van der Waals surface area contributed by atoms with Gasteiger partial charge in [-0.3, -0.25) is 24.5 Å². The molecule has 548 valence electrons. The highest BCUT2D eigenvalue weighted by Crippen LogP contribution is 2.49. The van der Waals surface area contributed by atoms with Gasteiger partial charge in [0.2, 0.25) is 11.8 Å². The van der Waals surface area contributed by atoms with Gasteiger partial charge in [0.05, 0.1) is 29.5 Å². The van der Waals surface area contributed by atoms with Crippen molar-refractivity contribution in [2.45, 2.75) is 106 Å². The Labute approximate surface area is 605 Å². The molecule has 0 aromatic heterocycles. The molecule has 1 N–H and O–H groups in total. The van der Waals surface area contributed by atoms with Crippen LogP contribution in [-0.2, 0) is 53.6 Å². The van der Waals surface area contributed by atoms with Gasteiger partial charge < -0.3 is 48.5 Å². The highest BCUT2D eigenvalue weighted by atomic mass is 35.5. The molecule has 2 atom stereocenters. The average molecular weight is 1470 g/mol. The van der Waals surface area contributed by atoms with Crippen LogP contribution in [0, 0.1) is 5.82 Å². The number of benzene rings is 6. The monoisotopic (exact) mass is 1470 g/mol. The van der Waals surface area contributed by atoms with Crippen LogP contribution in [0.2, 0.25) is 0 Å². The van der Waals surface area contributed by atoms with Gasteiger partial charge in [0, 0.05) is 115 Å². The molecule has 26 heteroatoms. The Bertz CT molecular complexity index is 3700. The summed E-state index contributed by atoms with van der Waals surface area (Å²) in [6.45, 7) is 5.30. The van der Waals surface area contributed by atoms with E-state index >= 15 is 0 Å². The van der Waals surface area contributed by atoms with E-state index in [1.54, 1.807) is 34.9 Å². The number of piperidine rings is 2. The van der Waals surface area contributed by atoms with E-state index in [-0.39, 0.29) is 92.8 Å². The van der Waals surface area contributed by atoms with Crippen molar-refractivity contribution in [2.75, 3.05) is 124 Å². The Hall–Kier alpha value is -7.51. The fraction of sp³-hybridized carbons (Fsp3) is 0.453. The van der Waals surface area contributed by atoms with Crippen molar-refractivity contribution in [1.82, 2.24) is 29.4 Å². The summed E-state index contributed by atoms with van der Waals surface area (Å²) < 4.78 is 116. The Morgan fingerprint density at radius 2 is 1.26 bits per heavy atom. The molecule has 101 heavy (non-hydrogen) atoms. The van der Waals surface area contributed by atoms with E-state index < -0.39 is 64.6 Å². The number of halogens is 10. The number of hydrogen-bond acceptors (Lipinski definition) is 11. The van der Waals surface area contributed by atoms with Gasteiger partial charge in [-0.15, -0.1) is 37.2 Å². The van der Waals surface area contributed by atoms with Crippen molar-refractivity contribution in [3.05, 3.63) is 190 Å². The average Bonchev–Trinajstić information content (AvgIpc) is 1.64. The van der Waals surface area contributed by atoms with Crippen LogP contribution in [0.15, 0.2) is 146 Å². The number of unbranched alkanes of at least 4 members (excludes halogenated alkanes) is 2. The third-order valence-corrected chi connectivity index (χ3v) is 19.9. The topological polar surface area (TPSA) is 148 Å². The number of fused-ring (bicyclic) bond motifs is 2. The summed E-state index contributed by atoms with van der Waals surface area (Å²) in [6, 6.07) is 39.5. The van der Waals surface area contributed by atoms with Crippen molar-refractivity contribution < 1.29 is 68.9 Å². The summed E-state index contributed by atoms with van der Waals surface area (Å²) in [7, 11) is 7.31. The third-order valence-electron chi connectivity index (χ3n) is 19.9. The zero-order chi connectivity index (χ0) is 69.8. The second-order valence-corrected chi connectivity index (χ2v) is 26.5. The standard InChI is InChI=1S/C75H87F7N8O8.3ClH/c1-84(35-14-6-9-25-67(91)86(3)43-44-88-38-30-62(31-39-88)98-71(95)83-65-24-13-11-22-63(65)53-17-7-5-8-18-53)61-21-15-20-55(47-61)69(93)87(4)37-16-36-85(2)68(92)50-96-66-48-54-19-10-12-23-64(54)72(66)32-40-89(41-33-72)42-34-73(57-26-28-60(76)29-27-57)51-90(52-97-73)70(94)56-45-58(74(77,78)79)49-59(46-56)75(80,81)82;;;/h5,7-8,10-13,15,17-24,26-29,45-47,49,62,66H,6,9,14,16,25,30-44,48,50-52H2,1-4H3,(H,83,95);3*1H/t66-,73+;;;/m0.../s1. The van der Waals surface area contributed by atoms with Crippen LogP contribution >= 0.6 is 37.2 Å². The number of nitrogens with one attached hydrogen (secondary N) is 1. The highest BCUT2D eigenvalue weighted by Gasteiger charge is 2.50. The summed E-state index contributed by atoms with van der Waals surface area (Å²) in [5.41, 5.74) is 1.20. The van der Waals surface area contributed by atoms with E-state index in [1.165, 1.54) is 24.3 Å². The lowest BCUT2D eigenvalue weighted by Gasteiger charge is -2.44. The maximum Gasteiger partial charge on any atom is 0.416 e. The Morgan fingerprint density at radius 3 is 1.95 bits per heavy atom. The molecule has 6 aromatic rings. The quantitative estimate of drug-likeness (QED) is 0.0409. The highest BCUT2D eigenvalue weighted by molar-refractivity contribution is 5.96. The van der Waals surface area contributed by atoms with E-state index in [4.69, 9.17) is 14.2 Å². The molecule has 10 rings (SSSR count). The molecule has 1 aliphatic carbocycles. The SMILES string of the molecule is CN(CCN1CCC(OC(=O)Nc2ccccc2-c2ccccc2)CC1)C(=O)CCCCCN(C)c1cccc(C(=O)N(C)CCCN(C)C(=O)CO[C@H]2Cc3ccccc3C23CCN(CC[C@]2(c4ccc(F)cc4)CN(C(=O)c4cc(C(F)(F)F)cc(C(F)(F)F)c4)CO2)CC3)c1.Cl.Cl.Cl. The number of ether oxygens (including phenoxy) is 3. The number of carbonyl (C=O) groups excluding carboxylic acids is 5. The molecule has 3 heterocycles. The van der Waals surface area contributed by atoms with Gasteiger partial charge in [0.25, 0.3) is 11.8 Å². The van der Waals surface area contributed by atoms with Crippen LogP contribution in [0.3, 0.4) is 0 Å². The number of nitrogens with zero attached hydrogens (tertiary/aromatic N) is 7. The molecule has 1 spiro atoms. The number of para-hydroxylation sites is 1. The second-order valence-electron chi connectivity index (χ2n) is 26.5. The van der Waals surface area contributed by atoms with E-state index in [0.717, 1.165) is 91.1 Å². The van der Waals surface area contributed by atoms with Gasteiger partial charge in [-0.1, -0.05) is 97.4 Å². The predicted octanol–water partition coefficient (Wildman–Crippen LogP) is 14.3. The van der Waals surface area contributed by atoms with Crippen molar-refractivity contribution in [1.29, 1.82) is 0 Å². The first-order valence-corrected chi connectivity index (χ1v) is 33.7. The number of rotatable bonds is 26. The maximum absolute atomic E-state index is 14.3. The number of likely N-dealkylation sites (tertiary alicyclic amines) is 2. The number of anilines is 2. The smallest absolute Gasteiger partial charge is 0.416 e.